The summed E-state index contributed by atoms with van der Waals surface area (Å²) in [5.41, 5.74) is 0.839. The number of hydrogen-bond donors (Lipinski definition) is 2. The number of hydrogen-bond acceptors (Lipinski definition) is 12. The van der Waals surface area contributed by atoms with Gasteiger partial charge in [-0.2, -0.15) is 0 Å². The van der Waals surface area contributed by atoms with Gasteiger partial charge in [0.25, 0.3) is 0 Å². The van der Waals surface area contributed by atoms with Crippen molar-refractivity contribution >= 4 is 11.9 Å². The van der Waals surface area contributed by atoms with Gasteiger partial charge in [-0.1, -0.05) is 60.7 Å². The first-order valence-corrected chi connectivity index (χ1v) is 25.5. The van der Waals surface area contributed by atoms with Gasteiger partial charge in [0.15, 0.2) is 23.0 Å². The van der Waals surface area contributed by atoms with Crippen LogP contribution in [0.5, 0.6) is 23.0 Å². The first-order valence-electron chi connectivity index (χ1n) is 25.5. The van der Waals surface area contributed by atoms with Crippen LogP contribution in [0.15, 0.2) is 133 Å². The van der Waals surface area contributed by atoms with Crippen molar-refractivity contribution in [1.82, 2.24) is 9.80 Å². The number of benzene rings is 6. The van der Waals surface area contributed by atoms with Crippen molar-refractivity contribution in [2.45, 2.75) is 62.6 Å². The van der Waals surface area contributed by atoms with E-state index >= 15 is 0 Å². The first kappa shape index (κ1) is 66.5. The van der Waals surface area contributed by atoms with Gasteiger partial charge in [-0.15, -0.1) is 0 Å². The Labute approximate surface area is 503 Å². The summed E-state index contributed by atoms with van der Waals surface area (Å²) >= 11 is 0. The van der Waals surface area contributed by atoms with E-state index in [2.05, 4.69) is 9.80 Å². The zero-order valence-corrected chi connectivity index (χ0v) is 49.2. The summed E-state index contributed by atoms with van der Waals surface area (Å²) in [6.07, 6.45) is 4.05. The third-order valence-corrected chi connectivity index (χ3v) is 14.4. The van der Waals surface area contributed by atoms with Gasteiger partial charge in [0.05, 0.1) is 27.4 Å². The normalized spacial score (nSPS) is 14.3. The molecule has 2 aliphatic rings. The molecule has 6 aromatic carbocycles. The number of carboxylic acid groups (broad SMARTS) is 2. The van der Waals surface area contributed by atoms with Crippen LogP contribution in [0.1, 0.15) is 71.9 Å². The van der Waals surface area contributed by atoms with E-state index in [-0.39, 0.29) is 113 Å². The molecule has 2 aliphatic heterocycles. The number of likely N-dealkylation sites (tertiary alicyclic amines) is 2. The van der Waals surface area contributed by atoms with Crippen molar-refractivity contribution < 1.29 is 131 Å². The molecule has 0 aromatic heterocycles. The summed E-state index contributed by atoms with van der Waals surface area (Å²) in [6.45, 7) is 5.64. The Hall–Kier alpha value is -5.02. The minimum absolute atomic E-state index is 0. The van der Waals surface area contributed by atoms with Crippen LogP contribution in [-0.4, -0.2) is 104 Å². The number of aliphatic carboxylic acids is 2. The Bertz CT molecular complexity index is 2530. The second kappa shape index (κ2) is 31.8. The molecule has 13 nitrogen and oxygen atoms in total. The van der Waals surface area contributed by atoms with E-state index in [4.69, 9.17) is 18.9 Å². The Balaban J connectivity index is 0.000000328. The molecule has 0 bridgehead atoms. The Morgan fingerprint density at radius 3 is 1.03 bits per heavy atom. The predicted molar refractivity (Wildman–Crippen MR) is 277 cm³/mol. The van der Waals surface area contributed by atoms with Crippen LogP contribution in [0, 0.1) is 35.1 Å². The number of halogens is 4. The van der Waals surface area contributed by atoms with Crippen molar-refractivity contribution in [3.05, 3.63) is 190 Å². The fraction of sp³-hybridized carbons (Fsp3) is 0.367. The summed E-state index contributed by atoms with van der Waals surface area (Å²) in [5, 5.41) is 45.6. The number of ether oxygens (including phenoxy) is 4. The summed E-state index contributed by atoms with van der Waals surface area (Å²) in [5.74, 6) is -1.99. The number of nitrogens with zero attached hydrogens (tertiary/aromatic N) is 2. The van der Waals surface area contributed by atoms with Gasteiger partial charge in [-0.3, -0.25) is 0 Å². The number of piperidine rings is 2. The molecule has 2 saturated heterocycles. The van der Waals surface area contributed by atoms with Crippen molar-refractivity contribution in [3.8, 4) is 23.0 Å². The third kappa shape index (κ3) is 18.0. The zero-order chi connectivity index (χ0) is 54.2. The van der Waals surface area contributed by atoms with Crippen molar-refractivity contribution in [1.29, 1.82) is 0 Å². The van der Waals surface area contributed by atoms with E-state index in [0.29, 0.717) is 69.6 Å². The molecule has 0 saturated carbocycles. The first-order chi connectivity index (χ1) is 36.6. The molecule has 0 spiro atoms. The number of aliphatic hydroxyl groups is 2. The predicted octanol–water partition coefficient (Wildman–Crippen LogP) is 0.549. The molecule has 0 amide bonds. The molecule has 0 atom stereocenters. The Morgan fingerprint density at radius 1 is 0.494 bits per heavy atom. The van der Waals surface area contributed by atoms with Crippen LogP contribution < -0.4 is 88.3 Å². The van der Waals surface area contributed by atoms with Crippen molar-refractivity contribution in [2.24, 2.45) is 11.8 Å². The average Bonchev–Trinajstić information content (AvgIpc) is 3.50. The van der Waals surface area contributed by atoms with Gasteiger partial charge < -0.3 is 64.2 Å². The topological polar surface area (TPSA) is 196 Å². The second-order valence-electron chi connectivity index (χ2n) is 19.3. The Morgan fingerprint density at radius 2 is 0.772 bits per heavy atom. The van der Waals surface area contributed by atoms with E-state index in [1.165, 1.54) is 62.8 Å². The summed E-state index contributed by atoms with van der Waals surface area (Å²) in [7, 11) is 3.02. The molecule has 19 heteroatoms. The molecule has 79 heavy (non-hydrogen) atoms. The van der Waals surface area contributed by atoms with Gasteiger partial charge >= 0.3 is 59.1 Å². The molecule has 6 aromatic rings. The smallest absolute Gasteiger partial charge is 0.550 e. The van der Waals surface area contributed by atoms with Gasteiger partial charge in [0.1, 0.15) is 34.5 Å². The SMILES string of the molecule is COc1cc(CC(=O)[O-])ccc1OCCCN1CCC(C(O)(c2ccc(F)cc2)c2ccc(F)cc2)CC1.COc1cc(CC(=O)[O-])ccc1OCCCN1CCC(C(O)(c2ccc(F)cc2)c2ccc(F)cc2)CC1.O.[Na+].[Na+]. The van der Waals surface area contributed by atoms with Gasteiger partial charge in [-0.05, 0) is 183 Å². The summed E-state index contributed by atoms with van der Waals surface area (Å²) in [4.78, 5) is 26.3. The van der Waals surface area contributed by atoms with E-state index in [0.717, 1.165) is 77.8 Å². The maximum Gasteiger partial charge on any atom is 1.00 e. The third-order valence-electron chi connectivity index (χ3n) is 14.4. The molecule has 0 aliphatic carbocycles. The number of carbonyl (C=O) groups excluding carboxylic acids is 2. The Kier molecular flexibility index (Phi) is 26.8. The molecular weight excluding hydrogens is 1050 g/mol. The minimum Gasteiger partial charge on any atom is -0.550 e. The minimum atomic E-state index is -1.35. The molecular formula is C60H66F4N2Na2O11. The average molecular weight is 1110 g/mol. The van der Waals surface area contributed by atoms with Crippen LogP contribution in [0.4, 0.5) is 17.6 Å². The molecule has 412 valence electrons. The van der Waals surface area contributed by atoms with Crippen molar-refractivity contribution in [3.63, 3.8) is 0 Å². The van der Waals surface area contributed by atoms with Gasteiger partial charge in [0.2, 0.25) is 0 Å². The molecule has 0 radical (unpaired) electrons. The van der Waals surface area contributed by atoms with E-state index < -0.39 is 23.1 Å². The fourth-order valence-corrected chi connectivity index (χ4v) is 10.4. The summed E-state index contributed by atoms with van der Waals surface area (Å²) < 4.78 is 76.8. The number of methoxy groups -OCH3 is 2. The van der Waals surface area contributed by atoms with Crippen LogP contribution in [0.3, 0.4) is 0 Å². The second-order valence-corrected chi connectivity index (χ2v) is 19.3. The molecule has 0 unspecified atom stereocenters. The quantitative estimate of drug-likeness (QED) is 0.0546. The van der Waals surface area contributed by atoms with Gasteiger partial charge in [0, 0.05) is 37.9 Å². The number of carboxylic acids is 2. The van der Waals surface area contributed by atoms with Crippen molar-refractivity contribution in [2.75, 3.05) is 66.7 Å². The number of carbonyl (C=O) groups is 2. The molecule has 2 heterocycles. The zero-order valence-electron chi connectivity index (χ0n) is 45.2. The van der Waals surface area contributed by atoms with Crippen LogP contribution >= 0.6 is 0 Å². The maximum absolute atomic E-state index is 13.6. The molecule has 8 rings (SSSR count). The fourth-order valence-electron chi connectivity index (χ4n) is 10.4. The van der Waals surface area contributed by atoms with Crippen LogP contribution in [-0.2, 0) is 33.6 Å². The van der Waals surface area contributed by atoms with E-state index in [1.807, 2.05) is 0 Å². The summed E-state index contributed by atoms with van der Waals surface area (Å²) in [6, 6.07) is 33.5. The number of rotatable bonds is 22. The van der Waals surface area contributed by atoms with E-state index in [9.17, 15) is 47.6 Å². The standard InChI is InChI=1S/2C30H33F2NO5.2Na.H2O/c2*1-37-28-19-21(20-29(34)35)3-12-27(28)38-18-2-15-33-16-13-24(14-17-33)30(36,22-4-8-25(31)9-5-22)23-6-10-26(32)11-7-23;;;/h2*3-12,19,24,36H,2,13-18,20H2,1H3,(H,34,35);;;1H2/q;;2*+1;/p-2. The van der Waals surface area contributed by atoms with Crippen LogP contribution in [0.25, 0.3) is 0 Å². The molecule has 2 fully saturated rings. The molecule has 4 N–H and O–H groups in total. The largest absolute Gasteiger partial charge is 1.00 e. The van der Waals surface area contributed by atoms with Gasteiger partial charge in [-0.25, -0.2) is 17.6 Å². The van der Waals surface area contributed by atoms with E-state index in [1.54, 1.807) is 84.9 Å². The monoisotopic (exact) mass is 1110 g/mol. The van der Waals surface area contributed by atoms with Crippen LogP contribution in [0.2, 0.25) is 0 Å². The maximum atomic E-state index is 13.6.